The zero-order valence-corrected chi connectivity index (χ0v) is 14.6. The average molecular weight is 346 g/mol. The van der Waals surface area contributed by atoms with Gasteiger partial charge in [0.1, 0.15) is 0 Å². The second-order valence-corrected chi connectivity index (χ2v) is 7.20. The van der Waals surface area contributed by atoms with Crippen LogP contribution >= 0.6 is 0 Å². The van der Waals surface area contributed by atoms with Crippen LogP contribution in [0.2, 0.25) is 0 Å². The van der Waals surface area contributed by atoms with Crippen molar-refractivity contribution in [1.82, 2.24) is 10.2 Å². The molecule has 1 aromatic rings. The Morgan fingerprint density at radius 2 is 1.80 bits per heavy atom. The number of nitrogens with one attached hydrogen (secondary N) is 1. The normalized spacial score (nSPS) is 23.8. The molecule has 2 aliphatic heterocycles. The molecule has 3 fully saturated rings. The number of nitrogens with zero attached hydrogens (tertiary/aromatic N) is 3. The van der Waals surface area contributed by atoms with Gasteiger partial charge in [-0.15, -0.1) is 10.2 Å². The predicted octanol–water partition coefficient (Wildman–Crippen LogP) is 2.34. The zero-order valence-electron chi connectivity index (χ0n) is 14.6. The predicted molar refractivity (Wildman–Crippen MR) is 93.3 cm³/mol. The minimum absolute atomic E-state index is 0.0807. The Kier molecular flexibility index (Phi) is 4.85. The molecule has 1 spiro atoms. The number of rotatable bonds is 3. The molecule has 4 rings (SSSR count). The van der Waals surface area contributed by atoms with Crippen molar-refractivity contribution in [2.24, 2.45) is 5.92 Å². The van der Waals surface area contributed by atoms with E-state index in [1.165, 1.54) is 6.42 Å². The number of aromatic nitrogens is 2. The first kappa shape index (κ1) is 16.7. The summed E-state index contributed by atoms with van der Waals surface area (Å²) in [6, 6.07) is 3.77. The molecule has 1 saturated carbocycles. The first-order valence-electron chi connectivity index (χ1n) is 9.42. The molecule has 0 aromatic carbocycles. The standard InChI is InChI=1S/C18H26N4O3/c23-17(14-4-2-1-3-5-14)19-15-6-7-16(21-20-15)22-10-8-18(9-11-22)24-12-13-25-18/h6-7,14H,1-5,8-13H2,(H,19,20,23). The number of anilines is 2. The van der Waals surface area contributed by atoms with Crippen LogP contribution in [0.3, 0.4) is 0 Å². The Labute approximate surface area is 148 Å². The first-order valence-corrected chi connectivity index (χ1v) is 9.42. The average Bonchev–Trinajstić information content (AvgIpc) is 3.12. The highest BCUT2D eigenvalue weighted by molar-refractivity contribution is 5.91. The fourth-order valence-corrected chi connectivity index (χ4v) is 4.02. The molecule has 1 amide bonds. The second-order valence-electron chi connectivity index (χ2n) is 7.20. The van der Waals surface area contributed by atoms with Crippen molar-refractivity contribution in [1.29, 1.82) is 0 Å². The van der Waals surface area contributed by atoms with Gasteiger partial charge in [-0.05, 0) is 25.0 Å². The van der Waals surface area contributed by atoms with Gasteiger partial charge >= 0.3 is 0 Å². The number of carbonyl (C=O) groups is 1. The Hall–Kier alpha value is -1.73. The molecule has 3 aliphatic rings. The fourth-order valence-electron chi connectivity index (χ4n) is 4.02. The molecule has 3 heterocycles. The van der Waals surface area contributed by atoms with Crippen LogP contribution < -0.4 is 10.2 Å². The highest BCUT2D eigenvalue weighted by Crippen LogP contribution is 2.32. The van der Waals surface area contributed by atoms with Gasteiger partial charge in [0.05, 0.1) is 13.2 Å². The van der Waals surface area contributed by atoms with Gasteiger partial charge in [0.25, 0.3) is 0 Å². The topological polar surface area (TPSA) is 76.6 Å². The van der Waals surface area contributed by atoms with Crippen LogP contribution in [-0.4, -0.2) is 48.2 Å². The van der Waals surface area contributed by atoms with Crippen LogP contribution in [0.25, 0.3) is 0 Å². The summed E-state index contributed by atoms with van der Waals surface area (Å²) in [6.07, 6.45) is 7.18. The fraction of sp³-hybridized carbons (Fsp3) is 0.722. The third-order valence-electron chi connectivity index (χ3n) is 5.54. The molecule has 136 valence electrons. The lowest BCUT2D eigenvalue weighted by atomic mass is 9.89. The minimum Gasteiger partial charge on any atom is -0.355 e. The molecule has 7 nitrogen and oxygen atoms in total. The van der Waals surface area contributed by atoms with Gasteiger partial charge in [0, 0.05) is 31.8 Å². The number of piperidine rings is 1. The molecule has 0 bridgehead atoms. The summed E-state index contributed by atoms with van der Waals surface area (Å²) in [4.78, 5) is 14.5. The van der Waals surface area contributed by atoms with Crippen LogP contribution in [0.4, 0.5) is 11.6 Å². The van der Waals surface area contributed by atoms with E-state index < -0.39 is 0 Å². The number of carbonyl (C=O) groups excluding carboxylic acids is 1. The lowest BCUT2D eigenvalue weighted by Gasteiger charge is -2.37. The van der Waals surface area contributed by atoms with Crippen molar-refractivity contribution < 1.29 is 14.3 Å². The van der Waals surface area contributed by atoms with E-state index in [0.29, 0.717) is 19.0 Å². The van der Waals surface area contributed by atoms with Crippen molar-refractivity contribution >= 4 is 17.5 Å². The van der Waals surface area contributed by atoms with Crippen molar-refractivity contribution in [3.8, 4) is 0 Å². The summed E-state index contributed by atoms with van der Waals surface area (Å²) in [5, 5.41) is 11.4. The highest BCUT2D eigenvalue weighted by atomic mass is 16.7. The molecular formula is C18H26N4O3. The Balaban J connectivity index is 1.32. The van der Waals surface area contributed by atoms with Crippen molar-refractivity contribution in [3.05, 3.63) is 12.1 Å². The summed E-state index contributed by atoms with van der Waals surface area (Å²) in [5.41, 5.74) is 0. The molecule has 1 N–H and O–H groups in total. The molecule has 2 saturated heterocycles. The Bertz CT molecular complexity index is 585. The molecule has 7 heteroatoms. The maximum absolute atomic E-state index is 12.3. The SMILES string of the molecule is O=C(Nc1ccc(N2CCC3(CC2)OCCO3)nn1)C1CCCCC1. The number of hydrogen-bond acceptors (Lipinski definition) is 6. The van der Waals surface area contributed by atoms with Gasteiger partial charge < -0.3 is 19.7 Å². The third kappa shape index (κ3) is 3.77. The summed E-state index contributed by atoms with van der Waals surface area (Å²) < 4.78 is 11.5. The van der Waals surface area contributed by atoms with E-state index in [-0.39, 0.29) is 17.6 Å². The van der Waals surface area contributed by atoms with Gasteiger partial charge in [0.2, 0.25) is 5.91 Å². The highest BCUT2D eigenvalue weighted by Gasteiger charge is 2.40. The van der Waals surface area contributed by atoms with Crippen molar-refractivity contribution in [3.63, 3.8) is 0 Å². The summed E-state index contributed by atoms with van der Waals surface area (Å²) in [7, 11) is 0. The van der Waals surface area contributed by atoms with Crippen molar-refractivity contribution in [2.75, 3.05) is 36.5 Å². The number of ether oxygens (including phenoxy) is 2. The van der Waals surface area contributed by atoms with Crippen LogP contribution in [0.1, 0.15) is 44.9 Å². The molecule has 0 unspecified atom stereocenters. The maximum Gasteiger partial charge on any atom is 0.228 e. The van der Waals surface area contributed by atoms with Crippen LogP contribution in [-0.2, 0) is 14.3 Å². The number of hydrogen-bond donors (Lipinski definition) is 1. The second kappa shape index (κ2) is 7.25. The lowest BCUT2D eigenvalue weighted by Crippen LogP contribution is -2.45. The van der Waals surface area contributed by atoms with E-state index in [1.807, 2.05) is 12.1 Å². The van der Waals surface area contributed by atoms with Crippen molar-refractivity contribution in [2.45, 2.75) is 50.7 Å². The van der Waals surface area contributed by atoms with Gasteiger partial charge in [-0.1, -0.05) is 19.3 Å². The molecule has 1 aromatic heterocycles. The number of amides is 1. The first-order chi connectivity index (χ1) is 12.2. The maximum atomic E-state index is 12.3. The Morgan fingerprint density at radius 3 is 2.44 bits per heavy atom. The van der Waals surface area contributed by atoms with Crippen LogP contribution in [0, 0.1) is 5.92 Å². The summed E-state index contributed by atoms with van der Waals surface area (Å²) in [5.74, 6) is 1.20. The molecule has 25 heavy (non-hydrogen) atoms. The molecular weight excluding hydrogens is 320 g/mol. The van der Waals surface area contributed by atoms with Gasteiger partial charge in [-0.2, -0.15) is 0 Å². The zero-order chi connectivity index (χ0) is 17.1. The summed E-state index contributed by atoms with van der Waals surface area (Å²) >= 11 is 0. The lowest BCUT2D eigenvalue weighted by molar-refractivity contribution is -0.169. The van der Waals surface area contributed by atoms with E-state index >= 15 is 0 Å². The quantitative estimate of drug-likeness (QED) is 0.905. The largest absolute Gasteiger partial charge is 0.355 e. The van der Waals surface area contributed by atoms with Gasteiger partial charge in [0.15, 0.2) is 17.4 Å². The van der Waals surface area contributed by atoms with Crippen LogP contribution in [0.5, 0.6) is 0 Å². The van der Waals surface area contributed by atoms with E-state index in [2.05, 4.69) is 20.4 Å². The van der Waals surface area contributed by atoms with E-state index in [4.69, 9.17) is 9.47 Å². The van der Waals surface area contributed by atoms with Gasteiger partial charge in [-0.25, -0.2) is 0 Å². The summed E-state index contributed by atoms with van der Waals surface area (Å²) in [6.45, 7) is 3.05. The monoisotopic (exact) mass is 346 g/mol. The van der Waals surface area contributed by atoms with E-state index in [1.54, 1.807) is 0 Å². The molecule has 0 atom stereocenters. The van der Waals surface area contributed by atoms with Crippen LogP contribution in [0.15, 0.2) is 12.1 Å². The molecule has 1 aliphatic carbocycles. The molecule has 0 radical (unpaired) electrons. The van der Waals surface area contributed by atoms with E-state index in [0.717, 1.165) is 57.4 Å². The minimum atomic E-state index is -0.377. The Morgan fingerprint density at radius 1 is 1.08 bits per heavy atom. The van der Waals surface area contributed by atoms with E-state index in [9.17, 15) is 4.79 Å². The third-order valence-corrected chi connectivity index (χ3v) is 5.54. The van der Waals surface area contributed by atoms with Gasteiger partial charge in [-0.3, -0.25) is 4.79 Å². The smallest absolute Gasteiger partial charge is 0.228 e.